The number of nitrogens with zero attached hydrogens (tertiary/aromatic N) is 2. The van der Waals surface area contributed by atoms with Crippen LogP contribution < -0.4 is 5.56 Å². The SMILES string of the molecule is CCn1c(SCC(=O)O)nc2sc(C)c(C)c2c1=O. The second-order valence-corrected chi connectivity index (χ2v) is 6.24. The topological polar surface area (TPSA) is 72.2 Å². The minimum absolute atomic E-state index is 0.0813. The first-order valence-electron chi connectivity index (χ1n) is 5.80. The Morgan fingerprint density at radius 1 is 1.47 bits per heavy atom. The fourth-order valence-corrected chi connectivity index (χ4v) is 3.68. The molecule has 0 aromatic carbocycles. The van der Waals surface area contributed by atoms with Gasteiger partial charge in [0.25, 0.3) is 5.56 Å². The zero-order chi connectivity index (χ0) is 14.2. The first-order chi connectivity index (χ1) is 8.95. The number of aromatic nitrogens is 2. The van der Waals surface area contributed by atoms with Crippen molar-refractivity contribution >= 4 is 39.3 Å². The third kappa shape index (κ3) is 2.52. The van der Waals surface area contributed by atoms with E-state index >= 15 is 0 Å². The van der Waals surface area contributed by atoms with E-state index in [1.165, 1.54) is 15.9 Å². The monoisotopic (exact) mass is 298 g/mol. The number of thioether (sulfide) groups is 1. The van der Waals surface area contributed by atoms with E-state index in [2.05, 4.69) is 4.98 Å². The van der Waals surface area contributed by atoms with Gasteiger partial charge in [-0.15, -0.1) is 11.3 Å². The average Bonchev–Trinajstić information content (AvgIpc) is 2.62. The molecule has 0 spiro atoms. The molecule has 2 aromatic rings. The minimum Gasteiger partial charge on any atom is -0.481 e. The highest BCUT2D eigenvalue weighted by molar-refractivity contribution is 7.99. The summed E-state index contributed by atoms with van der Waals surface area (Å²) in [4.78, 5) is 29.3. The largest absolute Gasteiger partial charge is 0.481 e. The van der Waals surface area contributed by atoms with E-state index in [1.54, 1.807) is 0 Å². The molecular weight excluding hydrogens is 284 g/mol. The fourth-order valence-electron chi connectivity index (χ4n) is 1.82. The van der Waals surface area contributed by atoms with Crippen LogP contribution in [0.2, 0.25) is 0 Å². The van der Waals surface area contributed by atoms with E-state index in [9.17, 15) is 9.59 Å². The molecule has 1 N–H and O–H groups in total. The number of carboxylic acid groups (broad SMARTS) is 1. The molecular formula is C12H14N2O3S2. The highest BCUT2D eigenvalue weighted by Gasteiger charge is 2.16. The summed E-state index contributed by atoms with van der Waals surface area (Å²) >= 11 is 2.56. The summed E-state index contributed by atoms with van der Waals surface area (Å²) in [6.45, 7) is 6.22. The molecule has 2 rings (SSSR count). The third-order valence-corrected chi connectivity index (χ3v) is 4.96. The number of aryl methyl sites for hydroxylation is 2. The summed E-state index contributed by atoms with van der Waals surface area (Å²) in [5.74, 6) is -1.01. The maximum absolute atomic E-state index is 12.4. The van der Waals surface area contributed by atoms with E-state index in [1.807, 2.05) is 20.8 Å². The van der Waals surface area contributed by atoms with Crippen LogP contribution in [-0.2, 0) is 11.3 Å². The molecule has 0 saturated carbocycles. The molecule has 102 valence electrons. The van der Waals surface area contributed by atoms with Crippen LogP contribution in [0.1, 0.15) is 17.4 Å². The average molecular weight is 298 g/mol. The van der Waals surface area contributed by atoms with Crippen molar-refractivity contribution in [3.8, 4) is 0 Å². The van der Waals surface area contributed by atoms with Crippen LogP contribution in [-0.4, -0.2) is 26.4 Å². The van der Waals surface area contributed by atoms with Crippen molar-refractivity contribution in [2.75, 3.05) is 5.75 Å². The van der Waals surface area contributed by atoms with Crippen LogP contribution in [0, 0.1) is 13.8 Å². The van der Waals surface area contributed by atoms with Gasteiger partial charge in [0.15, 0.2) is 5.16 Å². The van der Waals surface area contributed by atoms with Gasteiger partial charge in [-0.25, -0.2) is 4.98 Å². The van der Waals surface area contributed by atoms with Gasteiger partial charge >= 0.3 is 5.97 Å². The summed E-state index contributed by atoms with van der Waals surface area (Å²) in [6, 6.07) is 0. The number of hydrogen-bond acceptors (Lipinski definition) is 5. The Labute approximate surface area is 118 Å². The molecule has 0 aliphatic heterocycles. The molecule has 5 nitrogen and oxygen atoms in total. The highest BCUT2D eigenvalue weighted by Crippen LogP contribution is 2.28. The van der Waals surface area contributed by atoms with E-state index in [0.29, 0.717) is 21.9 Å². The van der Waals surface area contributed by atoms with Gasteiger partial charge < -0.3 is 5.11 Å². The van der Waals surface area contributed by atoms with Gasteiger partial charge in [-0.05, 0) is 26.3 Å². The third-order valence-electron chi connectivity index (χ3n) is 2.89. The molecule has 0 aliphatic carbocycles. The summed E-state index contributed by atoms with van der Waals surface area (Å²) in [6.07, 6.45) is 0. The van der Waals surface area contributed by atoms with E-state index in [4.69, 9.17) is 5.11 Å². The molecule has 7 heteroatoms. The van der Waals surface area contributed by atoms with Gasteiger partial charge in [0.2, 0.25) is 0 Å². The zero-order valence-electron chi connectivity index (χ0n) is 10.9. The lowest BCUT2D eigenvalue weighted by Gasteiger charge is -2.08. The first-order valence-corrected chi connectivity index (χ1v) is 7.61. The Balaban J connectivity index is 2.65. The van der Waals surface area contributed by atoms with E-state index in [0.717, 1.165) is 22.2 Å². The molecule has 19 heavy (non-hydrogen) atoms. The standard InChI is InChI=1S/C12H14N2O3S2/c1-4-14-11(17)9-6(2)7(3)19-10(9)13-12(14)18-5-8(15)16/h4-5H2,1-3H3,(H,15,16). The van der Waals surface area contributed by atoms with Gasteiger partial charge in [-0.1, -0.05) is 11.8 Å². The van der Waals surface area contributed by atoms with Gasteiger partial charge in [-0.2, -0.15) is 0 Å². The van der Waals surface area contributed by atoms with Gasteiger partial charge in [-0.3, -0.25) is 14.2 Å². The lowest BCUT2D eigenvalue weighted by molar-refractivity contribution is -0.133. The fraction of sp³-hybridized carbons (Fsp3) is 0.417. The predicted octanol–water partition coefficient (Wildman–Crippen LogP) is 2.27. The zero-order valence-corrected chi connectivity index (χ0v) is 12.5. The number of aliphatic carboxylic acids is 1. The van der Waals surface area contributed by atoms with Gasteiger partial charge in [0, 0.05) is 11.4 Å². The van der Waals surface area contributed by atoms with E-state index < -0.39 is 5.97 Å². The van der Waals surface area contributed by atoms with E-state index in [-0.39, 0.29) is 11.3 Å². The van der Waals surface area contributed by atoms with Gasteiger partial charge in [0.05, 0.1) is 11.1 Å². The molecule has 0 saturated heterocycles. The smallest absolute Gasteiger partial charge is 0.313 e. The first kappa shape index (κ1) is 14.1. The quantitative estimate of drug-likeness (QED) is 0.692. The summed E-state index contributed by atoms with van der Waals surface area (Å²) in [5.41, 5.74) is 0.886. The molecule has 0 radical (unpaired) electrons. The van der Waals surface area contributed by atoms with Crippen molar-refractivity contribution in [2.24, 2.45) is 0 Å². The number of rotatable bonds is 4. The number of thiophene rings is 1. The minimum atomic E-state index is -0.916. The van der Waals surface area contributed by atoms with Crippen LogP contribution in [0.4, 0.5) is 0 Å². The lowest BCUT2D eigenvalue weighted by Crippen LogP contribution is -2.22. The highest BCUT2D eigenvalue weighted by atomic mass is 32.2. The maximum atomic E-state index is 12.4. The van der Waals surface area contributed by atoms with Crippen LogP contribution in [0.15, 0.2) is 9.95 Å². The van der Waals surface area contributed by atoms with Crippen molar-refractivity contribution in [3.63, 3.8) is 0 Å². The second kappa shape index (κ2) is 5.34. The van der Waals surface area contributed by atoms with Crippen molar-refractivity contribution in [2.45, 2.75) is 32.5 Å². The summed E-state index contributed by atoms with van der Waals surface area (Å²) in [7, 11) is 0. The Kier molecular flexibility index (Phi) is 3.96. The molecule has 2 aromatic heterocycles. The molecule has 0 amide bonds. The van der Waals surface area contributed by atoms with Crippen LogP contribution in [0.5, 0.6) is 0 Å². The van der Waals surface area contributed by atoms with Crippen LogP contribution in [0.3, 0.4) is 0 Å². The Bertz CT molecular complexity index is 703. The van der Waals surface area contributed by atoms with Crippen molar-refractivity contribution in [3.05, 3.63) is 20.8 Å². The maximum Gasteiger partial charge on any atom is 0.313 e. The van der Waals surface area contributed by atoms with Crippen LogP contribution >= 0.6 is 23.1 Å². The molecule has 0 aliphatic rings. The molecule has 0 atom stereocenters. The number of fused-ring (bicyclic) bond motifs is 1. The summed E-state index contributed by atoms with van der Waals surface area (Å²) < 4.78 is 1.54. The molecule has 0 fully saturated rings. The Hall–Kier alpha value is -1.34. The number of carboxylic acids is 1. The second-order valence-electron chi connectivity index (χ2n) is 4.09. The molecule has 2 heterocycles. The Morgan fingerprint density at radius 3 is 2.74 bits per heavy atom. The van der Waals surface area contributed by atoms with Crippen LogP contribution in [0.25, 0.3) is 10.2 Å². The number of carbonyl (C=O) groups is 1. The predicted molar refractivity (Wildman–Crippen MR) is 77.4 cm³/mol. The van der Waals surface area contributed by atoms with Crippen molar-refractivity contribution < 1.29 is 9.90 Å². The van der Waals surface area contributed by atoms with Gasteiger partial charge in [0.1, 0.15) is 4.83 Å². The lowest BCUT2D eigenvalue weighted by atomic mass is 10.2. The van der Waals surface area contributed by atoms with Crippen molar-refractivity contribution in [1.82, 2.24) is 9.55 Å². The number of hydrogen-bond donors (Lipinski definition) is 1. The normalized spacial score (nSPS) is 11.1. The molecule has 0 bridgehead atoms. The molecule has 0 unspecified atom stereocenters. The Morgan fingerprint density at radius 2 is 2.16 bits per heavy atom. The van der Waals surface area contributed by atoms with Crippen molar-refractivity contribution in [1.29, 1.82) is 0 Å². The summed E-state index contributed by atoms with van der Waals surface area (Å²) in [5, 5.41) is 9.87.